The number of hydrogen-bond acceptors (Lipinski definition) is 6. The van der Waals surface area contributed by atoms with Crippen LogP contribution in [0.5, 0.6) is 5.75 Å². The van der Waals surface area contributed by atoms with E-state index in [2.05, 4.69) is 4.57 Å². The van der Waals surface area contributed by atoms with Gasteiger partial charge in [-0.1, -0.05) is 12.1 Å². The zero-order valence-corrected chi connectivity index (χ0v) is 21.4. The number of hydrogen-bond donors (Lipinski definition) is 0. The van der Waals surface area contributed by atoms with Crippen LogP contribution >= 0.6 is 0 Å². The van der Waals surface area contributed by atoms with Crippen molar-refractivity contribution < 1.29 is 27.5 Å². The van der Waals surface area contributed by atoms with Crippen molar-refractivity contribution in [1.29, 1.82) is 0 Å². The van der Waals surface area contributed by atoms with Gasteiger partial charge in [-0.2, -0.15) is 0 Å². The van der Waals surface area contributed by atoms with Gasteiger partial charge >= 0.3 is 5.97 Å². The number of Topliss-reactive ketones (excluding diaryl/α,β-unsaturated/α-hetero) is 1. The van der Waals surface area contributed by atoms with Crippen molar-refractivity contribution in [2.24, 2.45) is 0 Å². The Labute approximate surface area is 206 Å². The van der Waals surface area contributed by atoms with Gasteiger partial charge in [-0.15, -0.1) is 0 Å². The van der Waals surface area contributed by atoms with Crippen LogP contribution in [0.3, 0.4) is 0 Å². The Balaban J connectivity index is 1.62. The molecule has 0 spiro atoms. The second kappa shape index (κ2) is 10.9. The summed E-state index contributed by atoms with van der Waals surface area (Å²) in [6, 6.07) is 15.1. The fourth-order valence-corrected chi connectivity index (χ4v) is 4.63. The molecule has 186 valence electrons. The highest BCUT2D eigenvalue weighted by Crippen LogP contribution is 2.19. The van der Waals surface area contributed by atoms with Crippen molar-refractivity contribution in [3.05, 3.63) is 82.7 Å². The Morgan fingerprint density at radius 1 is 0.971 bits per heavy atom. The lowest BCUT2D eigenvalue weighted by molar-refractivity contribution is 0.0474. The van der Waals surface area contributed by atoms with Gasteiger partial charge in [0.1, 0.15) is 5.75 Å². The number of rotatable bonds is 10. The number of carbonyl (C=O) groups is 2. The van der Waals surface area contributed by atoms with Crippen LogP contribution in [0.4, 0.5) is 0 Å². The molecule has 0 aliphatic rings. The third kappa shape index (κ3) is 5.98. The maximum absolute atomic E-state index is 12.8. The molecule has 0 unspecified atom stereocenters. The first-order valence-corrected chi connectivity index (χ1v) is 12.5. The zero-order chi connectivity index (χ0) is 25.8. The van der Waals surface area contributed by atoms with E-state index in [-0.39, 0.29) is 16.2 Å². The molecule has 35 heavy (non-hydrogen) atoms. The van der Waals surface area contributed by atoms with Gasteiger partial charge in [-0.25, -0.2) is 17.5 Å². The molecule has 0 saturated carbocycles. The van der Waals surface area contributed by atoms with Crippen LogP contribution in [0.2, 0.25) is 0 Å². The Morgan fingerprint density at radius 3 is 2.17 bits per heavy atom. The van der Waals surface area contributed by atoms with Crippen LogP contribution in [0.25, 0.3) is 0 Å². The van der Waals surface area contributed by atoms with Gasteiger partial charge in [-0.05, 0) is 68.3 Å². The number of aromatic nitrogens is 1. The van der Waals surface area contributed by atoms with E-state index in [0.717, 1.165) is 33.4 Å². The van der Waals surface area contributed by atoms with Crippen LogP contribution in [0, 0.1) is 13.8 Å². The van der Waals surface area contributed by atoms with Crippen molar-refractivity contribution in [3.63, 3.8) is 0 Å². The fourth-order valence-electron chi connectivity index (χ4n) is 3.73. The predicted octanol–water partition coefficient (Wildman–Crippen LogP) is 3.65. The Morgan fingerprint density at radius 2 is 1.60 bits per heavy atom. The number of carbonyl (C=O) groups excluding carboxylic acids is 2. The van der Waals surface area contributed by atoms with E-state index in [1.165, 1.54) is 38.4 Å². The number of methoxy groups -OCH3 is 1. The first-order chi connectivity index (χ1) is 16.5. The van der Waals surface area contributed by atoms with Crippen LogP contribution in [-0.2, 0) is 27.7 Å². The first kappa shape index (κ1) is 26.2. The van der Waals surface area contributed by atoms with E-state index in [4.69, 9.17) is 9.47 Å². The molecule has 3 rings (SSSR count). The largest absolute Gasteiger partial charge is 0.497 e. The number of aryl methyl sites for hydroxylation is 2. The summed E-state index contributed by atoms with van der Waals surface area (Å²) in [4.78, 5) is 25.2. The summed E-state index contributed by atoms with van der Waals surface area (Å²) in [6.45, 7) is 4.12. The maximum Gasteiger partial charge on any atom is 0.338 e. The SMILES string of the molecule is COc1ccc(CCn2c(C)cc(C(=O)COC(=O)c3ccc(S(=O)(=O)N(C)C)cc3)c2C)cc1. The van der Waals surface area contributed by atoms with E-state index in [1.807, 2.05) is 38.1 Å². The number of benzene rings is 2. The van der Waals surface area contributed by atoms with Crippen LogP contribution in [0.1, 0.15) is 37.7 Å². The molecular weight excluding hydrogens is 468 g/mol. The van der Waals surface area contributed by atoms with Crippen molar-refractivity contribution in [2.75, 3.05) is 27.8 Å². The van der Waals surface area contributed by atoms with Gasteiger partial charge in [-0.3, -0.25) is 4.79 Å². The van der Waals surface area contributed by atoms with E-state index < -0.39 is 22.6 Å². The minimum atomic E-state index is -3.59. The first-order valence-electron chi connectivity index (χ1n) is 11.1. The van der Waals surface area contributed by atoms with E-state index in [0.29, 0.717) is 12.1 Å². The molecule has 0 bridgehead atoms. The van der Waals surface area contributed by atoms with Gasteiger partial charge < -0.3 is 14.0 Å². The quantitative estimate of drug-likeness (QED) is 0.313. The van der Waals surface area contributed by atoms with E-state index in [9.17, 15) is 18.0 Å². The van der Waals surface area contributed by atoms with Gasteiger partial charge in [0.2, 0.25) is 15.8 Å². The third-order valence-corrected chi connectivity index (χ3v) is 7.69. The predicted molar refractivity (Wildman–Crippen MR) is 133 cm³/mol. The third-order valence-electron chi connectivity index (χ3n) is 5.86. The van der Waals surface area contributed by atoms with Crippen molar-refractivity contribution >= 4 is 21.8 Å². The van der Waals surface area contributed by atoms with Crippen molar-refractivity contribution in [2.45, 2.75) is 31.7 Å². The molecular formula is C26H30N2O6S. The van der Waals surface area contributed by atoms with Gasteiger partial charge in [0, 0.05) is 37.6 Å². The molecule has 9 heteroatoms. The number of ketones is 1. The highest BCUT2D eigenvalue weighted by Gasteiger charge is 2.20. The maximum atomic E-state index is 12.8. The molecule has 0 radical (unpaired) electrons. The summed E-state index contributed by atoms with van der Waals surface area (Å²) in [6.07, 6.45) is 0.794. The highest BCUT2D eigenvalue weighted by atomic mass is 32.2. The van der Waals surface area contributed by atoms with Crippen molar-refractivity contribution in [3.8, 4) is 5.75 Å². The minimum absolute atomic E-state index is 0.0669. The normalized spacial score (nSPS) is 11.5. The topological polar surface area (TPSA) is 94.9 Å². The number of nitrogens with zero attached hydrogens (tertiary/aromatic N) is 2. The Hall–Kier alpha value is -3.43. The average Bonchev–Trinajstić information content (AvgIpc) is 3.14. The van der Waals surface area contributed by atoms with Crippen LogP contribution < -0.4 is 4.74 Å². The summed E-state index contributed by atoms with van der Waals surface area (Å²) >= 11 is 0. The number of sulfonamides is 1. The molecule has 3 aromatic rings. The molecule has 1 aromatic heterocycles. The molecule has 0 atom stereocenters. The van der Waals surface area contributed by atoms with E-state index in [1.54, 1.807) is 13.2 Å². The molecule has 0 amide bonds. The summed E-state index contributed by atoms with van der Waals surface area (Å²) in [5.74, 6) is -0.187. The average molecular weight is 499 g/mol. The number of ether oxygens (including phenoxy) is 2. The van der Waals surface area contributed by atoms with Crippen LogP contribution in [0.15, 0.2) is 59.5 Å². The van der Waals surface area contributed by atoms with Crippen LogP contribution in [-0.4, -0.2) is 56.9 Å². The molecule has 0 N–H and O–H groups in total. The van der Waals surface area contributed by atoms with Gasteiger partial charge in [0.15, 0.2) is 6.61 Å². The lowest BCUT2D eigenvalue weighted by atomic mass is 10.1. The molecule has 1 heterocycles. The Bertz CT molecular complexity index is 1310. The molecule has 0 fully saturated rings. The molecule has 2 aromatic carbocycles. The molecule has 0 aliphatic carbocycles. The zero-order valence-electron chi connectivity index (χ0n) is 20.6. The molecule has 8 nitrogen and oxygen atoms in total. The van der Waals surface area contributed by atoms with E-state index >= 15 is 0 Å². The number of esters is 1. The Kier molecular flexibility index (Phi) is 8.14. The monoisotopic (exact) mass is 498 g/mol. The summed E-state index contributed by atoms with van der Waals surface area (Å²) in [5.41, 5.74) is 3.60. The van der Waals surface area contributed by atoms with Gasteiger partial charge in [0.25, 0.3) is 0 Å². The standard InChI is InChI=1S/C26H30N2O6S/c1-18-16-24(19(2)28(18)15-14-20-6-10-22(33-5)11-7-20)25(29)17-34-26(30)21-8-12-23(13-9-21)35(31,32)27(3)4/h6-13,16H,14-15,17H2,1-5H3. The lowest BCUT2D eigenvalue weighted by Crippen LogP contribution is -2.22. The molecule has 0 saturated heterocycles. The summed E-state index contributed by atoms with van der Waals surface area (Å²) in [7, 11) is 0.896. The summed E-state index contributed by atoms with van der Waals surface area (Å²) < 4.78 is 37.9. The fraction of sp³-hybridized carbons (Fsp3) is 0.308. The smallest absolute Gasteiger partial charge is 0.338 e. The second-order valence-corrected chi connectivity index (χ2v) is 10.5. The highest BCUT2D eigenvalue weighted by molar-refractivity contribution is 7.89. The summed E-state index contributed by atoms with van der Waals surface area (Å²) in [5, 5.41) is 0. The minimum Gasteiger partial charge on any atom is -0.497 e. The van der Waals surface area contributed by atoms with Crippen molar-refractivity contribution in [1.82, 2.24) is 8.87 Å². The van der Waals surface area contributed by atoms with Gasteiger partial charge in [0.05, 0.1) is 17.6 Å². The lowest BCUT2D eigenvalue weighted by Gasteiger charge is -2.11. The second-order valence-electron chi connectivity index (χ2n) is 8.35. The molecule has 0 aliphatic heterocycles.